The molecule has 0 aliphatic carbocycles. The highest BCUT2D eigenvalue weighted by molar-refractivity contribution is 7.80. The molecule has 98 valence electrons. The second kappa shape index (κ2) is 6.30. The Morgan fingerprint density at radius 2 is 2.17 bits per heavy atom. The van der Waals surface area contributed by atoms with Crippen molar-refractivity contribution >= 4 is 28.7 Å². The van der Waals surface area contributed by atoms with E-state index in [1.54, 1.807) is 19.1 Å². The van der Waals surface area contributed by atoms with E-state index in [2.05, 4.69) is 24.5 Å². The van der Waals surface area contributed by atoms with Gasteiger partial charge in [-0.15, -0.1) is 0 Å². The maximum atomic E-state index is 10.8. The summed E-state index contributed by atoms with van der Waals surface area (Å²) < 4.78 is 0. The van der Waals surface area contributed by atoms with Crippen LogP contribution in [0.2, 0.25) is 0 Å². The molecular formula is C12H17N3O2S. The molecular weight excluding hydrogens is 250 g/mol. The molecule has 18 heavy (non-hydrogen) atoms. The standard InChI is InChI=1S/C12H17N3O2S/c1-8(2)7-13-12(18)14-10-5-4-6-11(9(10)3)15(16)17/h4-6,8H,7H2,1-3H3,(H2,13,14,18). The molecule has 0 saturated carbocycles. The molecule has 0 atom stereocenters. The number of benzene rings is 1. The zero-order chi connectivity index (χ0) is 13.7. The third-order valence-electron chi connectivity index (χ3n) is 2.42. The van der Waals surface area contributed by atoms with Crippen molar-refractivity contribution in [2.45, 2.75) is 20.8 Å². The van der Waals surface area contributed by atoms with Crippen molar-refractivity contribution in [1.82, 2.24) is 5.32 Å². The number of nitro benzene ring substituents is 1. The van der Waals surface area contributed by atoms with E-state index in [9.17, 15) is 10.1 Å². The van der Waals surface area contributed by atoms with Crippen molar-refractivity contribution in [3.05, 3.63) is 33.9 Å². The van der Waals surface area contributed by atoms with Gasteiger partial charge in [0.05, 0.1) is 10.5 Å². The van der Waals surface area contributed by atoms with E-state index in [4.69, 9.17) is 12.2 Å². The zero-order valence-electron chi connectivity index (χ0n) is 10.7. The summed E-state index contributed by atoms with van der Waals surface area (Å²) in [6.45, 7) is 6.62. The minimum atomic E-state index is -0.398. The Morgan fingerprint density at radius 1 is 1.50 bits per heavy atom. The number of nitro groups is 1. The van der Waals surface area contributed by atoms with Gasteiger partial charge < -0.3 is 10.6 Å². The van der Waals surface area contributed by atoms with Gasteiger partial charge in [0.1, 0.15) is 0 Å². The van der Waals surface area contributed by atoms with Gasteiger partial charge in [0.25, 0.3) is 5.69 Å². The average Bonchev–Trinajstić information content (AvgIpc) is 2.29. The number of anilines is 1. The van der Waals surface area contributed by atoms with Gasteiger partial charge >= 0.3 is 0 Å². The highest BCUT2D eigenvalue weighted by atomic mass is 32.1. The van der Waals surface area contributed by atoms with Gasteiger partial charge in [0, 0.05) is 18.3 Å². The monoisotopic (exact) mass is 267 g/mol. The first-order chi connectivity index (χ1) is 8.41. The molecule has 0 unspecified atom stereocenters. The molecule has 0 aromatic heterocycles. The lowest BCUT2D eigenvalue weighted by molar-refractivity contribution is -0.385. The number of hydrogen-bond donors (Lipinski definition) is 2. The third kappa shape index (κ3) is 3.96. The predicted molar refractivity (Wildman–Crippen MR) is 76.9 cm³/mol. The van der Waals surface area contributed by atoms with Crippen LogP contribution in [0.25, 0.3) is 0 Å². The summed E-state index contributed by atoms with van der Waals surface area (Å²) in [5.74, 6) is 0.482. The molecule has 1 aromatic carbocycles. The molecule has 0 fully saturated rings. The molecule has 0 radical (unpaired) electrons. The fourth-order valence-electron chi connectivity index (χ4n) is 1.42. The van der Waals surface area contributed by atoms with Gasteiger partial charge in [-0.1, -0.05) is 19.9 Å². The molecule has 0 amide bonds. The molecule has 0 aliphatic heterocycles. The second-order valence-corrected chi connectivity index (χ2v) is 4.84. The summed E-state index contributed by atoms with van der Waals surface area (Å²) in [6, 6.07) is 4.88. The first kappa shape index (κ1) is 14.4. The number of nitrogens with zero attached hydrogens (tertiary/aromatic N) is 1. The molecule has 1 rings (SSSR count). The smallest absolute Gasteiger partial charge is 0.274 e. The van der Waals surface area contributed by atoms with Crippen molar-refractivity contribution in [3.63, 3.8) is 0 Å². The van der Waals surface area contributed by atoms with Crippen molar-refractivity contribution in [3.8, 4) is 0 Å². The Bertz CT molecular complexity index is 461. The van der Waals surface area contributed by atoms with Crippen LogP contribution in [-0.4, -0.2) is 16.6 Å². The summed E-state index contributed by atoms with van der Waals surface area (Å²) in [7, 11) is 0. The summed E-state index contributed by atoms with van der Waals surface area (Å²) in [4.78, 5) is 10.4. The highest BCUT2D eigenvalue weighted by Crippen LogP contribution is 2.24. The van der Waals surface area contributed by atoms with Gasteiger partial charge in [-0.05, 0) is 31.1 Å². The SMILES string of the molecule is Cc1c(NC(=S)NCC(C)C)cccc1[N+](=O)[O-]. The van der Waals surface area contributed by atoms with Gasteiger partial charge in [-0.3, -0.25) is 10.1 Å². The Labute approximate surface area is 112 Å². The van der Waals surface area contributed by atoms with E-state index in [0.29, 0.717) is 22.3 Å². The van der Waals surface area contributed by atoms with Crippen LogP contribution in [0.5, 0.6) is 0 Å². The molecule has 0 saturated heterocycles. The molecule has 0 heterocycles. The van der Waals surface area contributed by atoms with Crippen molar-refractivity contribution in [2.75, 3.05) is 11.9 Å². The van der Waals surface area contributed by atoms with Crippen LogP contribution in [0.1, 0.15) is 19.4 Å². The summed E-state index contributed by atoms with van der Waals surface area (Å²) >= 11 is 5.13. The highest BCUT2D eigenvalue weighted by Gasteiger charge is 2.13. The number of rotatable bonds is 4. The van der Waals surface area contributed by atoms with E-state index < -0.39 is 4.92 Å². The molecule has 6 heteroatoms. The van der Waals surface area contributed by atoms with E-state index >= 15 is 0 Å². The molecule has 0 aliphatic rings. The van der Waals surface area contributed by atoms with Gasteiger partial charge in [0.15, 0.2) is 5.11 Å². The first-order valence-corrected chi connectivity index (χ1v) is 6.11. The lowest BCUT2D eigenvalue weighted by atomic mass is 10.1. The summed E-state index contributed by atoms with van der Waals surface area (Å²) in [6.07, 6.45) is 0. The molecule has 5 nitrogen and oxygen atoms in total. The van der Waals surface area contributed by atoms with Gasteiger partial charge in [-0.2, -0.15) is 0 Å². The van der Waals surface area contributed by atoms with E-state index in [1.807, 2.05) is 0 Å². The first-order valence-electron chi connectivity index (χ1n) is 5.70. The van der Waals surface area contributed by atoms with Crippen LogP contribution in [-0.2, 0) is 0 Å². The Balaban J connectivity index is 2.76. The summed E-state index contributed by atoms with van der Waals surface area (Å²) in [5, 5.41) is 17.3. The van der Waals surface area contributed by atoms with Gasteiger partial charge in [0.2, 0.25) is 0 Å². The van der Waals surface area contributed by atoms with E-state index in [0.717, 1.165) is 6.54 Å². The summed E-state index contributed by atoms with van der Waals surface area (Å²) in [5.41, 5.74) is 1.33. The van der Waals surface area contributed by atoms with Crippen LogP contribution in [0.3, 0.4) is 0 Å². The molecule has 0 spiro atoms. The van der Waals surface area contributed by atoms with Crippen LogP contribution in [0.15, 0.2) is 18.2 Å². The maximum absolute atomic E-state index is 10.8. The van der Waals surface area contributed by atoms with E-state index in [-0.39, 0.29) is 5.69 Å². The topological polar surface area (TPSA) is 67.2 Å². The minimum absolute atomic E-state index is 0.0895. The molecule has 2 N–H and O–H groups in total. The second-order valence-electron chi connectivity index (χ2n) is 4.44. The van der Waals surface area contributed by atoms with Crippen molar-refractivity contribution in [1.29, 1.82) is 0 Å². The number of nitrogens with one attached hydrogen (secondary N) is 2. The lowest BCUT2D eigenvalue weighted by Gasteiger charge is -2.13. The quantitative estimate of drug-likeness (QED) is 0.499. The third-order valence-corrected chi connectivity index (χ3v) is 2.67. The zero-order valence-corrected chi connectivity index (χ0v) is 11.5. The fourth-order valence-corrected chi connectivity index (χ4v) is 1.61. The largest absolute Gasteiger partial charge is 0.362 e. The number of hydrogen-bond acceptors (Lipinski definition) is 3. The minimum Gasteiger partial charge on any atom is -0.362 e. The lowest BCUT2D eigenvalue weighted by Crippen LogP contribution is -2.31. The Morgan fingerprint density at radius 3 is 2.72 bits per heavy atom. The normalized spacial score (nSPS) is 10.2. The van der Waals surface area contributed by atoms with Gasteiger partial charge in [-0.25, -0.2) is 0 Å². The van der Waals surface area contributed by atoms with Crippen LogP contribution >= 0.6 is 12.2 Å². The van der Waals surface area contributed by atoms with Crippen LogP contribution < -0.4 is 10.6 Å². The fraction of sp³-hybridized carbons (Fsp3) is 0.417. The molecule has 1 aromatic rings. The van der Waals surface area contributed by atoms with Crippen molar-refractivity contribution < 1.29 is 4.92 Å². The Kier molecular flexibility index (Phi) is 5.03. The predicted octanol–water partition coefficient (Wildman–Crippen LogP) is 2.85. The average molecular weight is 267 g/mol. The van der Waals surface area contributed by atoms with Crippen molar-refractivity contribution in [2.24, 2.45) is 5.92 Å². The van der Waals surface area contributed by atoms with E-state index in [1.165, 1.54) is 6.07 Å². The number of thiocarbonyl (C=S) groups is 1. The van der Waals surface area contributed by atoms with Crippen LogP contribution in [0.4, 0.5) is 11.4 Å². The Hall–Kier alpha value is -1.69. The molecule has 0 bridgehead atoms. The maximum Gasteiger partial charge on any atom is 0.274 e. The van der Waals surface area contributed by atoms with Crippen LogP contribution in [0, 0.1) is 23.0 Å².